The van der Waals surface area contributed by atoms with Gasteiger partial charge in [0.25, 0.3) is 5.91 Å². The third-order valence-corrected chi connectivity index (χ3v) is 4.48. The second kappa shape index (κ2) is 6.02. The molecule has 3 aromatic carbocycles. The molecular formula is C22H18N2O. The molecule has 3 heteroatoms. The highest BCUT2D eigenvalue weighted by atomic mass is 16.2. The summed E-state index contributed by atoms with van der Waals surface area (Å²) in [5, 5.41) is 0. The highest BCUT2D eigenvalue weighted by Crippen LogP contribution is 2.32. The van der Waals surface area contributed by atoms with E-state index in [-0.39, 0.29) is 5.91 Å². The molecule has 0 bridgehead atoms. The summed E-state index contributed by atoms with van der Waals surface area (Å²) in [6.45, 7) is 4.09. The van der Waals surface area contributed by atoms with Crippen LogP contribution in [0.15, 0.2) is 77.8 Å². The number of hydrogen-bond donors (Lipinski definition) is 0. The molecule has 0 unspecified atom stereocenters. The second-order valence-corrected chi connectivity index (χ2v) is 6.20. The molecule has 0 spiro atoms. The number of amidine groups is 1. The SMILES string of the molecule is Cc1cccc(C)c1N=C1c2ccccc2C(=O)N1c1ccccc1. The fourth-order valence-electron chi connectivity index (χ4n) is 3.22. The minimum absolute atomic E-state index is 0.0354. The molecule has 122 valence electrons. The summed E-state index contributed by atoms with van der Waals surface area (Å²) in [5.74, 6) is 0.649. The van der Waals surface area contributed by atoms with E-state index in [9.17, 15) is 4.79 Å². The number of aryl methyl sites for hydroxylation is 2. The quantitative estimate of drug-likeness (QED) is 0.649. The normalized spacial score (nSPS) is 14.9. The van der Waals surface area contributed by atoms with E-state index in [1.165, 1.54) is 0 Å². The van der Waals surface area contributed by atoms with Gasteiger partial charge < -0.3 is 0 Å². The van der Waals surface area contributed by atoms with Gasteiger partial charge in [-0.15, -0.1) is 0 Å². The zero-order chi connectivity index (χ0) is 17.4. The third kappa shape index (κ3) is 2.54. The lowest BCUT2D eigenvalue weighted by Gasteiger charge is -2.18. The van der Waals surface area contributed by atoms with Crippen LogP contribution in [-0.4, -0.2) is 11.7 Å². The molecule has 1 aliphatic rings. The number of carbonyl (C=O) groups excluding carboxylic acids is 1. The van der Waals surface area contributed by atoms with Crippen LogP contribution in [0.2, 0.25) is 0 Å². The number of amides is 1. The first-order valence-electron chi connectivity index (χ1n) is 8.30. The molecule has 0 saturated carbocycles. The first-order valence-corrected chi connectivity index (χ1v) is 8.30. The minimum atomic E-state index is -0.0354. The Hall–Kier alpha value is -3.20. The van der Waals surface area contributed by atoms with Gasteiger partial charge in [0, 0.05) is 5.56 Å². The third-order valence-electron chi connectivity index (χ3n) is 4.48. The van der Waals surface area contributed by atoms with Crippen molar-refractivity contribution in [3.05, 3.63) is 95.1 Å². The van der Waals surface area contributed by atoms with E-state index in [2.05, 4.69) is 0 Å². The number of aliphatic imine (C=N–C) groups is 1. The number of nitrogens with zero attached hydrogens (tertiary/aromatic N) is 2. The fraction of sp³-hybridized carbons (Fsp3) is 0.0909. The molecule has 0 saturated heterocycles. The van der Waals surface area contributed by atoms with Crippen LogP contribution in [-0.2, 0) is 0 Å². The smallest absolute Gasteiger partial charge is 0.264 e. The Labute approximate surface area is 147 Å². The predicted molar refractivity (Wildman–Crippen MR) is 102 cm³/mol. The Morgan fingerprint density at radius 2 is 1.32 bits per heavy atom. The standard InChI is InChI=1S/C22H18N2O/c1-15-9-8-10-16(2)20(15)23-21-18-13-6-7-14-19(18)22(25)24(21)17-11-4-3-5-12-17/h3-14H,1-2H3. The molecule has 3 aromatic rings. The summed E-state index contributed by atoms with van der Waals surface area (Å²) in [6.07, 6.45) is 0. The van der Waals surface area contributed by atoms with Gasteiger partial charge in [0.15, 0.2) is 0 Å². The number of hydrogen-bond acceptors (Lipinski definition) is 2. The molecule has 0 aromatic heterocycles. The van der Waals surface area contributed by atoms with E-state index in [4.69, 9.17) is 4.99 Å². The van der Waals surface area contributed by atoms with Crippen molar-refractivity contribution < 1.29 is 4.79 Å². The van der Waals surface area contributed by atoms with E-state index in [0.29, 0.717) is 11.4 Å². The summed E-state index contributed by atoms with van der Waals surface area (Å²) in [7, 11) is 0. The molecule has 1 amide bonds. The van der Waals surface area contributed by atoms with Gasteiger partial charge in [0.2, 0.25) is 0 Å². The number of anilines is 1. The first-order chi connectivity index (χ1) is 12.2. The Morgan fingerprint density at radius 3 is 2.00 bits per heavy atom. The first kappa shape index (κ1) is 15.3. The summed E-state index contributed by atoms with van der Waals surface area (Å²) in [5.41, 5.74) is 5.50. The van der Waals surface area contributed by atoms with Crippen molar-refractivity contribution in [3.63, 3.8) is 0 Å². The van der Waals surface area contributed by atoms with Crippen molar-refractivity contribution in [2.24, 2.45) is 4.99 Å². The Balaban J connectivity index is 1.96. The van der Waals surface area contributed by atoms with E-state index in [1.807, 2.05) is 86.6 Å². The second-order valence-electron chi connectivity index (χ2n) is 6.20. The van der Waals surface area contributed by atoms with Crippen molar-refractivity contribution >= 4 is 23.1 Å². The van der Waals surface area contributed by atoms with Gasteiger partial charge in [-0.05, 0) is 43.2 Å². The molecular weight excluding hydrogens is 308 g/mol. The summed E-state index contributed by atoms with van der Waals surface area (Å²) >= 11 is 0. The van der Waals surface area contributed by atoms with E-state index >= 15 is 0 Å². The topological polar surface area (TPSA) is 32.7 Å². The fourth-order valence-corrected chi connectivity index (χ4v) is 3.22. The molecule has 3 nitrogen and oxygen atoms in total. The van der Waals surface area contributed by atoms with Crippen LogP contribution in [0, 0.1) is 13.8 Å². The van der Waals surface area contributed by atoms with Crippen molar-refractivity contribution in [1.82, 2.24) is 0 Å². The maximum Gasteiger partial charge on any atom is 0.264 e. The molecule has 0 N–H and O–H groups in total. The number of carbonyl (C=O) groups is 1. The highest BCUT2D eigenvalue weighted by molar-refractivity contribution is 6.36. The number of benzene rings is 3. The molecule has 0 fully saturated rings. The minimum Gasteiger partial charge on any atom is -0.268 e. The van der Waals surface area contributed by atoms with Crippen LogP contribution >= 0.6 is 0 Å². The number of para-hydroxylation sites is 2. The Kier molecular flexibility index (Phi) is 3.69. The Bertz CT molecular complexity index is 970. The van der Waals surface area contributed by atoms with Crippen molar-refractivity contribution in [3.8, 4) is 0 Å². The lowest BCUT2D eigenvalue weighted by molar-refractivity contribution is 0.101. The van der Waals surface area contributed by atoms with Crippen LogP contribution in [0.25, 0.3) is 0 Å². The van der Waals surface area contributed by atoms with Crippen LogP contribution in [0.3, 0.4) is 0 Å². The molecule has 1 heterocycles. The van der Waals surface area contributed by atoms with Crippen LogP contribution < -0.4 is 4.90 Å². The van der Waals surface area contributed by atoms with Gasteiger partial charge in [0.1, 0.15) is 5.84 Å². The largest absolute Gasteiger partial charge is 0.268 e. The molecule has 0 radical (unpaired) electrons. The van der Waals surface area contributed by atoms with Gasteiger partial charge in [-0.2, -0.15) is 0 Å². The molecule has 4 rings (SSSR count). The molecule has 25 heavy (non-hydrogen) atoms. The van der Waals surface area contributed by atoms with Gasteiger partial charge in [-0.25, -0.2) is 4.99 Å². The maximum absolute atomic E-state index is 13.0. The zero-order valence-corrected chi connectivity index (χ0v) is 14.2. The zero-order valence-electron chi connectivity index (χ0n) is 14.2. The summed E-state index contributed by atoms with van der Waals surface area (Å²) in [4.78, 5) is 19.6. The summed E-state index contributed by atoms with van der Waals surface area (Å²) in [6, 6.07) is 23.4. The average molecular weight is 326 g/mol. The Morgan fingerprint density at radius 1 is 0.720 bits per heavy atom. The molecule has 1 aliphatic heterocycles. The van der Waals surface area contributed by atoms with Crippen LogP contribution in [0.5, 0.6) is 0 Å². The van der Waals surface area contributed by atoms with E-state index in [1.54, 1.807) is 4.90 Å². The highest BCUT2D eigenvalue weighted by Gasteiger charge is 2.34. The lowest BCUT2D eigenvalue weighted by atomic mass is 10.1. The van der Waals surface area contributed by atoms with Gasteiger partial charge >= 0.3 is 0 Å². The number of rotatable bonds is 2. The number of fused-ring (bicyclic) bond motifs is 1. The maximum atomic E-state index is 13.0. The van der Waals surface area contributed by atoms with E-state index in [0.717, 1.165) is 28.1 Å². The van der Waals surface area contributed by atoms with Crippen molar-refractivity contribution in [1.29, 1.82) is 0 Å². The molecule has 0 atom stereocenters. The monoisotopic (exact) mass is 326 g/mol. The van der Waals surface area contributed by atoms with Crippen LogP contribution in [0.4, 0.5) is 11.4 Å². The lowest BCUT2D eigenvalue weighted by Crippen LogP contribution is -2.30. The van der Waals surface area contributed by atoms with Crippen LogP contribution in [0.1, 0.15) is 27.0 Å². The van der Waals surface area contributed by atoms with Gasteiger partial charge in [-0.1, -0.05) is 54.6 Å². The molecule has 0 aliphatic carbocycles. The average Bonchev–Trinajstić information content (AvgIpc) is 2.91. The van der Waals surface area contributed by atoms with Gasteiger partial charge in [0.05, 0.1) is 16.9 Å². The summed E-state index contributed by atoms with van der Waals surface area (Å²) < 4.78 is 0. The van der Waals surface area contributed by atoms with Crippen molar-refractivity contribution in [2.45, 2.75) is 13.8 Å². The van der Waals surface area contributed by atoms with E-state index < -0.39 is 0 Å². The van der Waals surface area contributed by atoms with Gasteiger partial charge in [-0.3, -0.25) is 9.69 Å². The predicted octanol–water partition coefficient (Wildman–Crippen LogP) is 5.04. The van der Waals surface area contributed by atoms with Crippen molar-refractivity contribution in [2.75, 3.05) is 4.90 Å².